The first kappa shape index (κ1) is 28.4. The van der Waals surface area contributed by atoms with Gasteiger partial charge in [0.2, 0.25) is 0 Å². The van der Waals surface area contributed by atoms with Crippen molar-refractivity contribution in [1.29, 1.82) is 0 Å². The number of hydrogen-bond donors (Lipinski definition) is 0. The smallest absolute Gasteiger partial charge is 0.200 e. The van der Waals surface area contributed by atoms with Crippen LogP contribution in [0.15, 0.2) is 25.3 Å². The molecule has 0 bridgehead atoms. The summed E-state index contributed by atoms with van der Waals surface area (Å²) in [5.41, 5.74) is 0. The van der Waals surface area contributed by atoms with E-state index in [4.69, 9.17) is 0 Å². The van der Waals surface area contributed by atoms with Crippen molar-refractivity contribution in [2.24, 2.45) is 0 Å². The number of halogens is 16. The van der Waals surface area contributed by atoms with Crippen molar-refractivity contribution < 1.29 is 70.2 Å². The van der Waals surface area contributed by atoms with E-state index in [1.165, 1.54) is 0 Å². The zero-order valence-corrected chi connectivity index (χ0v) is 14.0. The van der Waals surface area contributed by atoms with Crippen LogP contribution in [0, 0.1) is 0 Å². The van der Waals surface area contributed by atoms with Gasteiger partial charge >= 0.3 is 47.4 Å². The van der Waals surface area contributed by atoms with Crippen LogP contribution in [0.4, 0.5) is 70.2 Å². The Hall–Kier alpha value is -1.64. The van der Waals surface area contributed by atoms with Crippen molar-refractivity contribution in [2.45, 2.75) is 60.2 Å². The number of allylic oxidation sites excluding steroid dienone is 2. The molecule has 178 valence electrons. The zero-order valence-electron chi connectivity index (χ0n) is 14.0. The van der Waals surface area contributed by atoms with E-state index >= 15 is 0 Å². The summed E-state index contributed by atoms with van der Waals surface area (Å²) in [4.78, 5) is 0. The van der Waals surface area contributed by atoms with Crippen molar-refractivity contribution in [2.75, 3.05) is 0 Å². The predicted octanol–water partition coefficient (Wildman–Crippen LogP) is 7.22. The molecule has 16 heteroatoms. The highest BCUT2D eigenvalue weighted by Crippen LogP contribution is 2.64. The normalized spacial score (nSPS) is 15.9. The Morgan fingerprint density at radius 2 is 0.767 bits per heavy atom. The van der Waals surface area contributed by atoms with Crippen LogP contribution >= 0.6 is 0 Å². The number of alkyl halides is 16. The fraction of sp³-hybridized carbons (Fsp3) is 0.714. The van der Waals surface area contributed by atoms with E-state index in [1.807, 2.05) is 6.58 Å². The molecule has 0 atom stereocenters. The second-order valence-electron chi connectivity index (χ2n) is 5.81. The second kappa shape index (κ2) is 7.50. The minimum absolute atomic E-state index is 0.376. The fourth-order valence-electron chi connectivity index (χ4n) is 1.80. The molecule has 0 aromatic rings. The van der Waals surface area contributed by atoms with Gasteiger partial charge in [0.05, 0.1) is 0 Å². The molecule has 30 heavy (non-hydrogen) atoms. The van der Waals surface area contributed by atoms with Crippen molar-refractivity contribution in [3.63, 3.8) is 0 Å². The van der Waals surface area contributed by atoms with Gasteiger partial charge < -0.3 is 0 Å². The molecule has 0 aliphatic rings. The highest BCUT2D eigenvalue weighted by Gasteiger charge is 2.94. The SMILES string of the molecule is C=CCCC(F)(F)C(F)(F)C(F)(F)C(F)(F)C(F)(F)C(F)(F)C(F)(F)C(F)(F)C=C. The van der Waals surface area contributed by atoms with E-state index in [2.05, 4.69) is 6.58 Å². The summed E-state index contributed by atoms with van der Waals surface area (Å²) in [5.74, 6) is -60.9. The molecule has 0 nitrogen and oxygen atoms in total. The molecule has 0 unspecified atom stereocenters. The lowest BCUT2D eigenvalue weighted by atomic mass is 9.87. The Morgan fingerprint density at radius 1 is 0.467 bits per heavy atom. The lowest BCUT2D eigenvalue weighted by Gasteiger charge is -2.43. The molecule has 0 amide bonds. The van der Waals surface area contributed by atoms with E-state index in [0.717, 1.165) is 0 Å². The first-order chi connectivity index (χ1) is 12.9. The summed E-state index contributed by atoms with van der Waals surface area (Å²) < 4.78 is 212. The van der Waals surface area contributed by atoms with Gasteiger partial charge in [-0.1, -0.05) is 12.7 Å². The molecule has 0 rings (SSSR count). The Morgan fingerprint density at radius 3 is 1.07 bits per heavy atom. The first-order valence-corrected chi connectivity index (χ1v) is 7.14. The Balaban J connectivity index is 6.69. The van der Waals surface area contributed by atoms with Crippen LogP contribution in [0.3, 0.4) is 0 Å². The second-order valence-corrected chi connectivity index (χ2v) is 5.81. The van der Waals surface area contributed by atoms with Crippen LogP contribution in [0.2, 0.25) is 0 Å². The van der Waals surface area contributed by atoms with E-state index in [1.54, 1.807) is 0 Å². The third-order valence-corrected chi connectivity index (χ3v) is 3.77. The molecule has 0 aliphatic carbocycles. The predicted molar refractivity (Wildman–Crippen MR) is 69.2 cm³/mol. The van der Waals surface area contributed by atoms with Crippen LogP contribution in [0.25, 0.3) is 0 Å². The van der Waals surface area contributed by atoms with Gasteiger partial charge in [0, 0.05) is 6.42 Å². The Kier molecular flexibility index (Phi) is 7.09. The lowest BCUT2D eigenvalue weighted by Crippen LogP contribution is -2.74. The van der Waals surface area contributed by atoms with Gasteiger partial charge in [-0.2, -0.15) is 70.2 Å². The minimum Gasteiger partial charge on any atom is -0.200 e. The molecule has 0 N–H and O–H groups in total. The number of hydrogen-bond acceptors (Lipinski definition) is 0. The molecular weight excluding hydrogens is 472 g/mol. The summed E-state index contributed by atoms with van der Waals surface area (Å²) in [7, 11) is 0. The molecule has 0 radical (unpaired) electrons. The average Bonchev–Trinajstić information content (AvgIpc) is 2.58. The minimum atomic E-state index is -8.39. The van der Waals surface area contributed by atoms with Crippen molar-refractivity contribution in [3.8, 4) is 0 Å². The van der Waals surface area contributed by atoms with Crippen LogP contribution in [0.1, 0.15) is 12.8 Å². The first-order valence-electron chi connectivity index (χ1n) is 7.14. The van der Waals surface area contributed by atoms with Crippen LogP contribution in [-0.2, 0) is 0 Å². The maximum atomic E-state index is 13.4. The van der Waals surface area contributed by atoms with Crippen LogP contribution in [0.5, 0.6) is 0 Å². The highest BCUT2D eigenvalue weighted by atomic mass is 19.4. The molecule has 0 aliphatic heterocycles. The van der Waals surface area contributed by atoms with Gasteiger partial charge in [-0.05, 0) is 12.5 Å². The lowest BCUT2D eigenvalue weighted by molar-refractivity contribution is -0.450. The molecule has 0 aromatic heterocycles. The van der Waals surface area contributed by atoms with E-state index in [0.29, 0.717) is 6.08 Å². The van der Waals surface area contributed by atoms with Gasteiger partial charge in [0.25, 0.3) is 0 Å². The van der Waals surface area contributed by atoms with Gasteiger partial charge in [-0.25, -0.2) is 0 Å². The fourth-order valence-corrected chi connectivity index (χ4v) is 1.80. The summed E-state index contributed by atoms with van der Waals surface area (Å²) in [6, 6.07) is 0. The Bertz CT molecular complexity index is 644. The van der Waals surface area contributed by atoms with Crippen molar-refractivity contribution in [1.82, 2.24) is 0 Å². The monoisotopic (exact) mass is 482 g/mol. The van der Waals surface area contributed by atoms with E-state index in [9.17, 15) is 70.2 Å². The molecule has 0 spiro atoms. The van der Waals surface area contributed by atoms with Gasteiger partial charge in [-0.15, -0.1) is 6.58 Å². The molecule has 0 aromatic carbocycles. The maximum Gasteiger partial charge on any atom is 0.385 e. The highest BCUT2D eigenvalue weighted by molar-refractivity contribution is 5.17. The summed E-state index contributed by atoms with van der Waals surface area (Å²) in [5, 5.41) is 0. The molecule has 0 saturated heterocycles. The maximum absolute atomic E-state index is 13.4. The van der Waals surface area contributed by atoms with Gasteiger partial charge in [-0.3, -0.25) is 0 Å². The largest absolute Gasteiger partial charge is 0.385 e. The third-order valence-electron chi connectivity index (χ3n) is 3.77. The van der Waals surface area contributed by atoms with Crippen LogP contribution < -0.4 is 0 Å². The number of rotatable bonds is 11. The van der Waals surface area contributed by atoms with Crippen molar-refractivity contribution in [3.05, 3.63) is 25.3 Å². The molecule has 0 fully saturated rings. The third kappa shape index (κ3) is 3.52. The van der Waals surface area contributed by atoms with Crippen molar-refractivity contribution >= 4 is 0 Å². The summed E-state index contributed by atoms with van der Waals surface area (Å²) in [6.45, 7) is 4.53. The quantitative estimate of drug-likeness (QED) is 0.216. The van der Waals surface area contributed by atoms with E-state index < -0.39 is 66.3 Å². The standard InChI is InChI=1S/C14H10F16/c1-3-5-6-8(17,18)10(21,22)12(25,26)14(29,30)13(27,28)11(23,24)9(19,20)7(15,16)4-2/h3-4H,1-2,5-6H2. The zero-order chi connectivity index (χ0) is 24.8. The average molecular weight is 482 g/mol. The van der Waals surface area contributed by atoms with Gasteiger partial charge in [0.1, 0.15) is 0 Å². The topological polar surface area (TPSA) is 0 Å². The molecule has 0 heterocycles. The summed E-state index contributed by atoms with van der Waals surface area (Å²) >= 11 is 0. The Labute approximate surface area is 157 Å². The van der Waals surface area contributed by atoms with E-state index in [-0.39, 0.29) is 0 Å². The van der Waals surface area contributed by atoms with Crippen LogP contribution in [-0.4, -0.2) is 47.4 Å². The molecular formula is C14H10F16. The van der Waals surface area contributed by atoms with Gasteiger partial charge in [0.15, 0.2) is 0 Å². The summed E-state index contributed by atoms with van der Waals surface area (Å²) in [6.07, 6.45) is -4.78. The molecule has 0 saturated carbocycles.